The van der Waals surface area contributed by atoms with Crippen molar-refractivity contribution in [2.45, 2.75) is 32.7 Å². The lowest BCUT2D eigenvalue weighted by molar-refractivity contribution is -0.118. The Bertz CT molecular complexity index is 460. The standard InChI is InChI=1S/C11H18N2O4S/c1-9(2)10(14)13-11(3,4)8-18(15,16)17-7-5-6-12/h1,5,7-8H2,2-4H3,(H,13,14). The van der Waals surface area contributed by atoms with Crippen molar-refractivity contribution in [3.8, 4) is 6.07 Å². The molecule has 0 aromatic heterocycles. The SMILES string of the molecule is C=C(C)C(=O)NC(C)(C)CS(=O)(=O)OCCC#N. The number of carbonyl (C=O) groups excluding carboxylic acids is 1. The number of hydrogen-bond donors (Lipinski definition) is 1. The smallest absolute Gasteiger partial charge is 0.269 e. The maximum absolute atomic E-state index is 11.6. The van der Waals surface area contributed by atoms with Gasteiger partial charge in [-0.3, -0.25) is 8.98 Å². The van der Waals surface area contributed by atoms with Gasteiger partial charge in [0.2, 0.25) is 5.91 Å². The van der Waals surface area contributed by atoms with Crippen LogP contribution in [0.15, 0.2) is 12.2 Å². The Labute approximate surface area is 108 Å². The summed E-state index contributed by atoms with van der Waals surface area (Å²) in [5, 5.41) is 10.8. The molecular weight excluding hydrogens is 256 g/mol. The van der Waals surface area contributed by atoms with Crippen LogP contribution in [0.25, 0.3) is 0 Å². The third-order valence-electron chi connectivity index (χ3n) is 1.85. The number of carbonyl (C=O) groups is 1. The van der Waals surface area contributed by atoms with Crippen molar-refractivity contribution in [2.75, 3.05) is 12.4 Å². The number of nitrogens with zero attached hydrogens (tertiary/aromatic N) is 1. The van der Waals surface area contributed by atoms with Crippen molar-refractivity contribution in [1.29, 1.82) is 5.26 Å². The first-order valence-electron chi connectivity index (χ1n) is 5.32. The maximum Gasteiger partial charge on any atom is 0.269 e. The van der Waals surface area contributed by atoms with Crippen molar-refractivity contribution >= 4 is 16.0 Å². The minimum atomic E-state index is -3.78. The summed E-state index contributed by atoms with van der Waals surface area (Å²) < 4.78 is 27.8. The average Bonchev–Trinajstić information content (AvgIpc) is 2.14. The van der Waals surface area contributed by atoms with E-state index in [2.05, 4.69) is 16.1 Å². The minimum Gasteiger partial charge on any atom is -0.346 e. The van der Waals surface area contributed by atoms with Crippen molar-refractivity contribution in [3.63, 3.8) is 0 Å². The van der Waals surface area contributed by atoms with Gasteiger partial charge in [0, 0.05) is 5.57 Å². The predicted molar refractivity (Wildman–Crippen MR) is 67.0 cm³/mol. The van der Waals surface area contributed by atoms with Gasteiger partial charge in [0.1, 0.15) is 0 Å². The van der Waals surface area contributed by atoms with Crippen molar-refractivity contribution < 1.29 is 17.4 Å². The lowest BCUT2D eigenvalue weighted by Crippen LogP contribution is -2.48. The van der Waals surface area contributed by atoms with E-state index in [9.17, 15) is 13.2 Å². The molecule has 7 heteroatoms. The van der Waals surface area contributed by atoms with Crippen LogP contribution in [0.3, 0.4) is 0 Å². The van der Waals surface area contributed by atoms with Gasteiger partial charge in [-0.05, 0) is 20.8 Å². The predicted octanol–water partition coefficient (Wildman–Crippen LogP) is 0.717. The van der Waals surface area contributed by atoms with E-state index >= 15 is 0 Å². The van der Waals surface area contributed by atoms with Crippen LogP contribution in [0.4, 0.5) is 0 Å². The molecule has 6 nitrogen and oxygen atoms in total. The zero-order valence-electron chi connectivity index (χ0n) is 10.8. The second-order valence-electron chi connectivity index (χ2n) is 4.55. The summed E-state index contributed by atoms with van der Waals surface area (Å²) in [6, 6.07) is 1.78. The van der Waals surface area contributed by atoms with Gasteiger partial charge in [-0.25, -0.2) is 0 Å². The van der Waals surface area contributed by atoms with Crippen molar-refractivity contribution in [2.24, 2.45) is 0 Å². The molecule has 0 rings (SSSR count). The van der Waals surface area contributed by atoms with Gasteiger partial charge in [0.25, 0.3) is 10.1 Å². The Kier molecular flexibility index (Phi) is 6.01. The Morgan fingerprint density at radius 1 is 1.50 bits per heavy atom. The number of nitrogens with one attached hydrogen (secondary N) is 1. The van der Waals surface area contributed by atoms with Gasteiger partial charge in [0.15, 0.2) is 0 Å². The highest BCUT2D eigenvalue weighted by atomic mass is 32.2. The molecule has 0 aliphatic carbocycles. The fourth-order valence-corrected chi connectivity index (χ4v) is 2.52. The highest BCUT2D eigenvalue weighted by Crippen LogP contribution is 2.10. The Morgan fingerprint density at radius 2 is 2.06 bits per heavy atom. The minimum absolute atomic E-state index is 0.00220. The highest BCUT2D eigenvalue weighted by molar-refractivity contribution is 7.86. The quantitative estimate of drug-likeness (QED) is 0.419. The maximum atomic E-state index is 11.6. The molecule has 0 aliphatic heterocycles. The van der Waals surface area contributed by atoms with E-state index in [1.165, 1.54) is 6.92 Å². The van der Waals surface area contributed by atoms with Crippen LogP contribution in [0.2, 0.25) is 0 Å². The largest absolute Gasteiger partial charge is 0.346 e. The van der Waals surface area contributed by atoms with Gasteiger partial charge >= 0.3 is 0 Å². The molecule has 0 aliphatic rings. The molecule has 1 amide bonds. The van der Waals surface area contributed by atoms with Crippen LogP contribution in [0.5, 0.6) is 0 Å². The number of hydrogen-bond acceptors (Lipinski definition) is 5. The lowest BCUT2D eigenvalue weighted by Gasteiger charge is -2.25. The van der Waals surface area contributed by atoms with E-state index < -0.39 is 21.6 Å². The molecule has 0 saturated carbocycles. The summed E-state index contributed by atoms with van der Waals surface area (Å²) >= 11 is 0. The normalized spacial score (nSPS) is 11.7. The molecule has 0 bridgehead atoms. The first-order valence-corrected chi connectivity index (χ1v) is 6.89. The van der Waals surface area contributed by atoms with Gasteiger partial charge in [-0.15, -0.1) is 0 Å². The molecule has 18 heavy (non-hydrogen) atoms. The topological polar surface area (TPSA) is 96.3 Å². The molecule has 0 heterocycles. The van der Waals surface area contributed by atoms with Crippen molar-refractivity contribution in [1.82, 2.24) is 5.32 Å². The number of amides is 1. The number of rotatable bonds is 7. The van der Waals surface area contributed by atoms with Crippen LogP contribution < -0.4 is 5.32 Å². The second kappa shape index (κ2) is 6.52. The average molecular weight is 274 g/mol. The second-order valence-corrected chi connectivity index (χ2v) is 6.19. The van der Waals surface area contributed by atoms with Gasteiger partial charge in [-0.2, -0.15) is 13.7 Å². The highest BCUT2D eigenvalue weighted by Gasteiger charge is 2.28. The van der Waals surface area contributed by atoms with Crippen LogP contribution in [0.1, 0.15) is 27.2 Å². The summed E-state index contributed by atoms with van der Waals surface area (Å²) in [5.74, 6) is -0.781. The summed E-state index contributed by atoms with van der Waals surface area (Å²) in [4.78, 5) is 11.4. The summed E-state index contributed by atoms with van der Waals surface area (Å²) in [6.45, 7) is 7.96. The summed E-state index contributed by atoms with van der Waals surface area (Å²) in [6.07, 6.45) is -0.00220. The van der Waals surface area contributed by atoms with Gasteiger partial charge < -0.3 is 5.32 Å². The Morgan fingerprint density at radius 3 is 2.50 bits per heavy atom. The first-order chi connectivity index (χ1) is 8.09. The van der Waals surface area contributed by atoms with Crippen LogP contribution in [-0.2, 0) is 19.1 Å². The van der Waals surface area contributed by atoms with Crippen LogP contribution >= 0.6 is 0 Å². The molecule has 102 valence electrons. The van der Waals surface area contributed by atoms with E-state index in [0.29, 0.717) is 5.57 Å². The van der Waals surface area contributed by atoms with Gasteiger partial charge in [-0.1, -0.05) is 6.58 Å². The lowest BCUT2D eigenvalue weighted by atomic mass is 10.1. The fourth-order valence-electron chi connectivity index (χ4n) is 1.15. The van der Waals surface area contributed by atoms with Gasteiger partial charge in [0.05, 0.1) is 30.4 Å². The molecule has 0 atom stereocenters. The first kappa shape index (κ1) is 16.6. The van der Waals surface area contributed by atoms with E-state index in [-0.39, 0.29) is 18.8 Å². The number of nitriles is 1. The molecule has 0 saturated heterocycles. The molecule has 0 aromatic carbocycles. The molecule has 0 fully saturated rings. The van der Waals surface area contributed by atoms with E-state index in [0.717, 1.165) is 0 Å². The van der Waals surface area contributed by atoms with E-state index in [1.807, 2.05) is 0 Å². The van der Waals surface area contributed by atoms with Crippen molar-refractivity contribution in [3.05, 3.63) is 12.2 Å². The Hall–Kier alpha value is -1.39. The summed E-state index contributed by atoms with van der Waals surface area (Å²) in [7, 11) is -3.78. The molecular formula is C11H18N2O4S. The van der Waals surface area contributed by atoms with Crippen LogP contribution in [-0.4, -0.2) is 32.2 Å². The molecule has 0 unspecified atom stereocenters. The monoisotopic (exact) mass is 274 g/mol. The van der Waals surface area contributed by atoms with E-state index in [1.54, 1.807) is 19.9 Å². The summed E-state index contributed by atoms with van der Waals surface area (Å²) in [5.41, 5.74) is -0.674. The molecule has 0 radical (unpaired) electrons. The zero-order valence-corrected chi connectivity index (χ0v) is 11.6. The molecule has 1 N–H and O–H groups in total. The molecule has 0 aromatic rings. The molecule has 0 spiro atoms. The Balaban J connectivity index is 4.52. The van der Waals surface area contributed by atoms with Crippen LogP contribution in [0, 0.1) is 11.3 Å². The van der Waals surface area contributed by atoms with E-state index in [4.69, 9.17) is 5.26 Å². The fraction of sp³-hybridized carbons (Fsp3) is 0.636. The zero-order chi connectivity index (χ0) is 14.4. The third kappa shape index (κ3) is 7.04. The third-order valence-corrected chi connectivity index (χ3v) is 3.45.